The highest BCUT2D eigenvalue weighted by molar-refractivity contribution is 5.92. The van der Waals surface area contributed by atoms with Gasteiger partial charge in [-0.1, -0.05) is 60.2 Å². The van der Waals surface area contributed by atoms with E-state index >= 15 is 0 Å². The molecular formula is C20H15NO2. The highest BCUT2D eigenvalue weighted by Gasteiger charge is 2.26. The minimum Gasteiger partial charge on any atom is -0.258 e. The molecule has 0 aliphatic heterocycles. The molecule has 1 atom stereocenters. The third-order valence-electron chi connectivity index (χ3n) is 4.57. The lowest BCUT2D eigenvalue weighted by molar-refractivity contribution is -0.384. The van der Waals surface area contributed by atoms with Gasteiger partial charge < -0.3 is 0 Å². The van der Waals surface area contributed by atoms with Crippen molar-refractivity contribution < 1.29 is 4.92 Å². The largest absolute Gasteiger partial charge is 0.269 e. The fourth-order valence-corrected chi connectivity index (χ4v) is 3.53. The van der Waals surface area contributed by atoms with E-state index in [0.29, 0.717) is 0 Å². The Kier molecular flexibility index (Phi) is 3.01. The summed E-state index contributed by atoms with van der Waals surface area (Å²) in [6.07, 6.45) is 2.22. The Morgan fingerprint density at radius 1 is 0.957 bits per heavy atom. The van der Waals surface area contributed by atoms with Crippen molar-refractivity contribution in [3.05, 3.63) is 93.0 Å². The molecule has 0 heterocycles. The number of nitro groups is 1. The van der Waals surface area contributed by atoms with Gasteiger partial charge in [0.25, 0.3) is 5.69 Å². The van der Waals surface area contributed by atoms with Crippen molar-refractivity contribution in [2.24, 2.45) is 0 Å². The molecule has 0 saturated carbocycles. The first-order valence-corrected chi connectivity index (χ1v) is 7.59. The molecular weight excluding hydrogens is 286 g/mol. The molecule has 1 aliphatic rings. The fraction of sp³-hybridized carbons (Fsp3) is 0.100. The van der Waals surface area contributed by atoms with Gasteiger partial charge in [-0.15, -0.1) is 0 Å². The monoisotopic (exact) mass is 301 g/mol. The van der Waals surface area contributed by atoms with Crippen LogP contribution in [0.2, 0.25) is 0 Å². The minimum absolute atomic E-state index is 0.131. The molecule has 3 aromatic carbocycles. The molecule has 0 bridgehead atoms. The quantitative estimate of drug-likeness (QED) is 0.476. The molecule has 1 unspecified atom stereocenters. The summed E-state index contributed by atoms with van der Waals surface area (Å²) in [4.78, 5) is 10.5. The number of nitro benzene ring substituents is 1. The average Bonchev–Trinajstić information content (AvgIpc) is 2.91. The smallest absolute Gasteiger partial charge is 0.258 e. The zero-order valence-corrected chi connectivity index (χ0v) is 12.7. The number of nitrogens with zero attached hydrogens (tertiary/aromatic N) is 1. The van der Waals surface area contributed by atoms with Gasteiger partial charge in [-0.3, -0.25) is 10.1 Å². The van der Waals surface area contributed by atoms with E-state index in [2.05, 4.69) is 43.3 Å². The van der Waals surface area contributed by atoms with Crippen LogP contribution in [0.4, 0.5) is 5.69 Å². The van der Waals surface area contributed by atoms with Crippen molar-refractivity contribution in [1.82, 2.24) is 0 Å². The van der Waals surface area contributed by atoms with Gasteiger partial charge in [-0.25, -0.2) is 0 Å². The Labute approximate surface area is 134 Å². The molecule has 3 nitrogen and oxygen atoms in total. The van der Waals surface area contributed by atoms with Crippen LogP contribution in [0.25, 0.3) is 16.8 Å². The van der Waals surface area contributed by atoms with Crippen molar-refractivity contribution in [2.75, 3.05) is 0 Å². The second-order valence-corrected chi connectivity index (χ2v) is 5.96. The molecule has 0 saturated heterocycles. The number of fused-ring (bicyclic) bond motifs is 3. The average molecular weight is 301 g/mol. The number of allylic oxidation sites excluding steroid dienone is 1. The van der Waals surface area contributed by atoms with Crippen LogP contribution >= 0.6 is 0 Å². The van der Waals surface area contributed by atoms with E-state index in [1.807, 2.05) is 18.2 Å². The first-order chi connectivity index (χ1) is 11.1. The van der Waals surface area contributed by atoms with Gasteiger partial charge in [0.05, 0.1) is 4.92 Å². The summed E-state index contributed by atoms with van der Waals surface area (Å²) in [5, 5.41) is 13.3. The summed E-state index contributed by atoms with van der Waals surface area (Å²) in [6.45, 7) is 2.13. The Hall–Kier alpha value is -2.94. The Morgan fingerprint density at radius 3 is 2.43 bits per heavy atom. The third-order valence-corrected chi connectivity index (χ3v) is 4.57. The summed E-state index contributed by atoms with van der Waals surface area (Å²) in [5.74, 6) is 0.164. The predicted molar refractivity (Wildman–Crippen MR) is 92.5 cm³/mol. The van der Waals surface area contributed by atoms with Gasteiger partial charge in [0, 0.05) is 18.1 Å². The Bertz CT molecular complexity index is 955. The second kappa shape index (κ2) is 5.06. The lowest BCUT2D eigenvalue weighted by Crippen LogP contribution is -2.01. The summed E-state index contributed by atoms with van der Waals surface area (Å²) in [5.41, 5.74) is 5.04. The van der Waals surface area contributed by atoms with Crippen LogP contribution in [0.15, 0.2) is 66.2 Å². The van der Waals surface area contributed by atoms with Crippen molar-refractivity contribution in [3.8, 4) is 0 Å². The number of non-ortho nitro benzene ring substituents is 1. The molecule has 4 rings (SSSR count). The second-order valence-electron chi connectivity index (χ2n) is 5.96. The van der Waals surface area contributed by atoms with Crippen molar-refractivity contribution >= 4 is 22.5 Å². The molecule has 23 heavy (non-hydrogen) atoms. The molecule has 0 radical (unpaired) electrons. The predicted octanol–water partition coefficient (Wildman–Crippen LogP) is 5.30. The van der Waals surface area contributed by atoms with E-state index in [1.54, 1.807) is 12.1 Å². The topological polar surface area (TPSA) is 43.1 Å². The number of hydrogen-bond acceptors (Lipinski definition) is 2. The maximum absolute atomic E-state index is 10.9. The molecule has 0 N–H and O–H groups in total. The normalized spacial score (nSPS) is 16.2. The van der Waals surface area contributed by atoms with Gasteiger partial charge in [0.15, 0.2) is 0 Å². The molecule has 3 heteroatoms. The lowest BCUT2D eigenvalue weighted by atomic mass is 9.86. The van der Waals surface area contributed by atoms with Crippen molar-refractivity contribution in [2.45, 2.75) is 12.8 Å². The Morgan fingerprint density at radius 2 is 1.70 bits per heavy atom. The van der Waals surface area contributed by atoms with Gasteiger partial charge in [-0.2, -0.15) is 0 Å². The summed E-state index contributed by atoms with van der Waals surface area (Å²) >= 11 is 0. The van der Waals surface area contributed by atoms with Crippen LogP contribution < -0.4 is 0 Å². The first kappa shape index (κ1) is 13.7. The summed E-state index contributed by atoms with van der Waals surface area (Å²) < 4.78 is 0. The van der Waals surface area contributed by atoms with E-state index < -0.39 is 0 Å². The highest BCUT2D eigenvalue weighted by atomic mass is 16.6. The van der Waals surface area contributed by atoms with E-state index in [-0.39, 0.29) is 16.5 Å². The van der Waals surface area contributed by atoms with Crippen LogP contribution in [0, 0.1) is 10.1 Å². The van der Waals surface area contributed by atoms with Crippen LogP contribution in [0.1, 0.15) is 29.5 Å². The van der Waals surface area contributed by atoms with Crippen LogP contribution in [0.3, 0.4) is 0 Å². The molecule has 0 aromatic heterocycles. The molecule has 0 spiro atoms. The highest BCUT2D eigenvalue weighted by Crippen LogP contribution is 2.44. The van der Waals surface area contributed by atoms with Crippen molar-refractivity contribution in [1.29, 1.82) is 0 Å². The van der Waals surface area contributed by atoms with E-state index in [1.165, 1.54) is 27.5 Å². The zero-order chi connectivity index (χ0) is 16.0. The Balaban J connectivity index is 1.90. The summed E-state index contributed by atoms with van der Waals surface area (Å²) in [6, 6.07) is 19.6. The molecule has 1 aliphatic carbocycles. The molecule has 0 amide bonds. The number of hydrogen-bond donors (Lipinski definition) is 0. The maximum Gasteiger partial charge on any atom is 0.269 e. The van der Waals surface area contributed by atoms with E-state index in [0.717, 1.165) is 5.56 Å². The standard InChI is InChI=1S/C20H15NO2/c1-13-12-16-7-6-14-4-2-3-5-18(14)20(16)19(13)15-8-10-17(11-9-15)21(22)23/h2-12,19H,1H3. The van der Waals surface area contributed by atoms with E-state index in [4.69, 9.17) is 0 Å². The van der Waals surface area contributed by atoms with Crippen LogP contribution in [-0.2, 0) is 0 Å². The SMILES string of the molecule is CC1=Cc2ccc3ccccc3c2C1c1ccc([N+](=O)[O-])cc1. The number of benzene rings is 3. The molecule has 0 fully saturated rings. The molecule has 112 valence electrons. The first-order valence-electron chi connectivity index (χ1n) is 7.59. The lowest BCUT2D eigenvalue weighted by Gasteiger charge is -2.17. The van der Waals surface area contributed by atoms with Gasteiger partial charge in [0.2, 0.25) is 0 Å². The van der Waals surface area contributed by atoms with Gasteiger partial charge in [0.1, 0.15) is 0 Å². The number of rotatable bonds is 2. The van der Waals surface area contributed by atoms with Crippen molar-refractivity contribution in [3.63, 3.8) is 0 Å². The summed E-state index contributed by atoms with van der Waals surface area (Å²) in [7, 11) is 0. The third kappa shape index (κ3) is 2.13. The zero-order valence-electron chi connectivity index (χ0n) is 12.7. The van der Waals surface area contributed by atoms with Gasteiger partial charge >= 0.3 is 0 Å². The minimum atomic E-state index is -0.357. The fourth-order valence-electron chi connectivity index (χ4n) is 3.53. The van der Waals surface area contributed by atoms with Crippen LogP contribution in [0.5, 0.6) is 0 Å². The maximum atomic E-state index is 10.9. The van der Waals surface area contributed by atoms with E-state index in [9.17, 15) is 10.1 Å². The van der Waals surface area contributed by atoms with Gasteiger partial charge in [-0.05, 0) is 34.4 Å². The van der Waals surface area contributed by atoms with Crippen LogP contribution in [-0.4, -0.2) is 4.92 Å². The molecule has 3 aromatic rings.